The highest BCUT2D eigenvalue weighted by Gasteiger charge is 2.19. The van der Waals surface area contributed by atoms with E-state index in [1.807, 2.05) is 6.92 Å². The standard InChI is InChI=1S/C7H15FO/c1-3-4-5-7(2,8)6-9/h9H,3-6H2,1-2H3/t7-/m0/s1. The Bertz CT molecular complexity index is 71.3. The minimum absolute atomic E-state index is 0.354. The molecule has 2 heteroatoms. The molecule has 1 N–H and O–H groups in total. The summed E-state index contributed by atoms with van der Waals surface area (Å²) < 4.78 is 12.8. The summed E-state index contributed by atoms with van der Waals surface area (Å²) in [4.78, 5) is 0. The van der Waals surface area contributed by atoms with E-state index in [4.69, 9.17) is 5.11 Å². The van der Waals surface area contributed by atoms with E-state index < -0.39 is 5.67 Å². The zero-order valence-corrected chi connectivity index (χ0v) is 6.15. The molecular weight excluding hydrogens is 119 g/mol. The maximum absolute atomic E-state index is 12.8. The number of aliphatic hydroxyl groups excluding tert-OH is 1. The van der Waals surface area contributed by atoms with E-state index in [9.17, 15) is 4.39 Å². The van der Waals surface area contributed by atoms with Crippen LogP contribution in [0, 0.1) is 0 Å². The van der Waals surface area contributed by atoms with Gasteiger partial charge in [0.1, 0.15) is 5.67 Å². The molecule has 0 aromatic rings. The quantitative estimate of drug-likeness (QED) is 0.622. The largest absolute Gasteiger partial charge is 0.393 e. The van der Waals surface area contributed by atoms with Crippen molar-refractivity contribution in [3.63, 3.8) is 0 Å². The van der Waals surface area contributed by atoms with Crippen molar-refractivity contribution >= 4 is 0 Å². The predicted octanol–water partition coefficient (Wildman–Crippen LogP) is 1.90. The summed E-state index contributed by atoms with van der Waals surface area (Å²) in [6.45, 7) is 3.09. The van der Waals surface area contributed by atoms with Crippen LogP contribution in [-0.4, -0.2) is 17.4 Å². The van der Waals surface area contributed by atoms with Crippen molar-refractivity contribution in [1.29, 1.82) is 0 Å². The Kier molecular flexibility index (Phi) is 3.78. The summed E-state index contributed by atoms with van der Waals surface area (Å²) in [7, 11) is 0. The maximum atomic E-state index is 12.8. The van der Waals surface area contributed by atoms with E-state index in [1.165, 1.54) is 6.92 Å². The average Bonchev–Trinajstić information content (AvgIpc) is 1.84. The van der Waals surface area contributed by atoms with Gasteiger partial charge >= 0.3 is 0 Å². The van der Waals surface area contributed by atoms with Crippen LogP contribution in [0.4, 0.5) is 4.39 Å². The van der Waals surface area contributed by atoms with Gasteiger partial charge in [-0.05, 0) is 13.3 Å². The van der Waals surface area contributed by atoms with Gasteiger partial charge in [-0.25, -0.2) is 4.39 Å². The van der Waals surface area contributed by atoms with Gasteiger partial charge in [0.05, 0.1) is 6.61 Å². The fourth-order valence-electron chi connectivity index (χ4n) is 0.624. The highest BCUT2D eigenvalue weighted by Crippen LogP contribution is 2.16. The fraction of sp³-hybridized carbons (Fsp3) is 1.00. The minimum Gasteiger partial charge on any atom is -0.393 e. The van der Waals surface area contributed by atoms with Crippen molar-refractivity contribution < 1.29 is 9.50 Å². The molecule has 0 bridgehead atoms. The number of hydrogen-bond acceptors (Lipinski definition) is 1. The summed E-state index contributed by atoms with van der Waals surface area (Å²) in [6, 6.07) is 0. The second-order valence-electron chi connectivity index (χ2n) is 2.68. The lowest BCUT2D eigenvalue weighted by atomic mass is 10.0. The molecule has 0 saturated carbocycles. The topological polar surface area (TPSA) is 20.2 Å². The third-order valence-corrected chi connectivity index (χ3v) is 1.38. The van der Waals surface area contributed by atoms with Crippen molar-refractivity contribution in [1.82, 2.24) is 0 Å². The lowest BCUT2D eigenvalue weighted by Gasteiger charge is -2.15. The summed E-state index contributed by atoms with van der Waals surface area (Å²) in [6.07, 6.45) is 2.31. The molecule has 1 nitrogen and oxygen atoms in total. The summed E-state index contributed by atoms with van der Waals surface area (Å²) in [5.74, 6) is 0. The first kappa shape index (κ1) is 8.89. The van der Waals surface area contributed by atoms with Gasteiger partial charge in [0.2, 0.25) is 0 Å². The first-order chi connectivity index (χ1) is 4.12. The number of halogens is 1. The van der Waals surface area contributed by atoms with Crippen molar-refractivity contribution in [2.75, 3.05) is 6.61 Å². The average molecular weight is 134 g/mol. The lowest BCUT2D eigenvalue weighted by Crippen LogP contribution is -2.22. The summed E-state index contributed by atoms with van der Waals surface area (Å²) in [5, 5.41) is 8.45. The van der Waals surface area contributed by atoms with Crippen LogP contribution < -0.4 is 0 Å². The van der Waals surface area contributed by atoms with Crippen molar-refractivity contribution in [2.45, 2.75) is 38.8 Å². The van der Waals surface area contributed by atoms with E-state index in [1.54, 1.807) is 0 Å². The van der Waals surface area contributed by atoms with E-state index in [-0.39, 0.29) is 6.61 Å². The lowest BCUT2D eigenvalue weighted by molar-refractivity contribution is 0.0778. The second-order valence-corrected chi connectivity index (χ2v) is 2.68. The minimum atomic E-state index is -1.35. The number of rotatable bonds is 4. The smallest absolute Gasteiger partial charge is 0.131 e. The third kappa shape index (κ3) is 4.40. The van der Waals surface area contributed by atoms with Crippen LogP contribution >= 0.6 is 0 Å². The number of hydrogen-bond donors (Lipinski definition) is 1. The van der Waals surface area contributed by atoms with Crippen LogP contribution in [0.5, 0.6) is 0 Å². The molecular formula is C7H15FO. The molecule has 0 saturated heterocycles. The molecule has 0 amide bonds. The molecule has 0 aliphatic heterocycles. The molecule has 0 rings (SSSR count). The number of alkyl halides is 1. The molecule has 0 aromatic heterocycles. The van der Waals surface area contributed by atoms with Gasteiger partial charge in [-0.1, -0.05) is 19.8 Å². The number of unbranched alkanes of at least 4 members (excludes halogenated alkanes) is 1. The molecule has 0 aliphatic rings. The van der Waals surface area contributed by atoms with Gasteiger partial charge in [-0.2, -0.15) is 0 Å². The Hall–Kier alpha value is -0.110. The maximum Gasteiger partial charge on any atom is 0.131 e. The molecule has 0 unspecified atom stereocenters. The van der Waals surface area contributed by atoms with Crippen LogP contribution in [0.3, 0.4) is 0 Å². The van der Waals surface area contributed by atoms with Gasteiger partial charge in [-0.15, -0.1) is 0 Å². The van der Waals surface area contributed by atoms with Crippen LogP contribution in [0.2, 0.25) is 0 Å². The highest BCUT2D eigenvalue weighted by atomic mass is 19.1. The Morgan fingerprint density at radius 2 is 2.11 bits per heavy atom. The Balaban J connectivity index is 3.33. The zero-order chi connectivity index (χ0) is 7.33. The second kappa shape index (κ2) is 3.83. The predicted molar refractivity (Wildman–Crippen MR) is 36.1 cm³/mol. The first-order valence-corrected chi connectivity index (χ1v) is 3.42. The van der Waals surface area contributed by atoms with Crippen LogP contribution in [-0.2, 0) is 0 Å². The van der Waals surface area contributed by atoms with E-state index in [0.29, 0.717) is 6.42 Å². The summed E-state index contributed by atoms with van der Waals surface area (Å²) in [5.41, 5.74) is -1.35. The van der Waals surface area contributed by atoms with E-state index in [0.717, 1.165) is 12.8 Å². The van der Waals surface area contributed by atoms with Crippen molar-refractivity contribution in [3.8, 4) is 0 Å². The molecule has 0 fully saturated rings. The van der Waals surface area contributed by atoms with Crippen LogP contribution in [0.15, 0.2) is 0 Å². The Morgan fingerprint density at radius 1 is 1.56 bits per heavy atom. The first-order valence-electron chi connectivity index (χ1n) is 3.42. The van der Waals surface area contributed by atoms with Gasteiger partial charge in [-0.3, -0.25) is 0 Å². The molecule has 1 atom stereocenters. The fourth-order valence-corrected chi connectivity index (χ4v) is 0.624. The van der Waals surface area contributed by atoms with E-state index >= 15 is 0 Å². The third-order valence-electron chi connectivity index (χ3n) is 1.38. The Labute approximate surface area is 55.9 Å². The molecule has 56 valence electrons. The summed E-state index contributed by atoms with van der Waals surface area (Å²) >= 11 is 0. The van der Waals surface area contributed by atoms with Crippen molar-refractivity contribution in [2.24, 2.45) is 0 Å². The number of aliphatic hydroxyl groups is 1. The molecule has 0 aliphatic carbocycles. The van der Waals surface area contributed by atoms with E-state index in [2.05, 4.69) is 0 Å². The van der Waals surface area contributed by atoms with Crippen molar-refractivity contribution in [3.05, 3.63) is 0 Å². The SMILES string of the molecule is CCCC[C@](C)(F)CO. The van der Waals surface area contributed by atoms with Crippen LogP contribution in [0.25, 0.3) is 0 Å². The molecule has 0 radical (unpaired) electrons. The molecule has 0 aromatic carbocycles. The molecule has 0 spiro atoms. The van der Waals surface area contributed by atoms with Gasteiger partial charge in [0.15, 0.2) is 0 Å². The molecule has 9 heavy (non-hydrogen) atoms. The highest BCUT2D eigenvalue weighted by molar-refractivity contribution is 4.70. The van der Waals surface area contributed by atoms with Crippen LogP contribution in [0.1, 0.15) is 33.1 Å². The molecule has 0 heterocycles. The normalized spacial score (nSPS) is 17.3. The monoisotopic (exact) mass is 134 g/mol. The van der Waals surface area contributed by atoms with Gasteiger partial charge in [0, 0.05) is 0 Å². The van der Waals surface area contributed by atoms with Gasteiger partial charge in [0.25, 0.3) is 0 Å². The zero-order valence-electron chi connectivity index (χ0n) is 6.15. The van der Waals surface area contributed by atoms with Gasteiger partial charge < -0.3 is 5.11 Å². The Morgan fingerprint density at radius 3 is 2.44 bits per heavy atom.